The zero-order chi connectivity index (χ0) is 69.2. The highest BCUT2D eigenvalue weighted by Crippen LogP contribution is 2.55. The number of phenols is 15. The lowest BCUT2D eigenvalue weighted by Crippen LogP contribution is -2.36. The van der Waals surface area contributed by atoms with Gasteiger partial charge in [-0.25, -0.2) is 0 Å². The van der Waals surface area contributed by atoms with Gasteiger partial charge in [0.1, 0.15) is 131 Å². The summed E-state index contributed by atoms with van der Waals surface area (Å²) < 4.78 is 0. The molecule has 0 atom stereocenters. The molecule has 5 aromatic carbocycles. The number of hydrogen-bond donors (Lipinski definition) is 17. The molecule has 0 aliphatic heterocycles. The summed E-state index contributed by atoms with van der Waals surface area (Å²) in [7, 11) is 0. The van der Waals surface area contributed by atoms with Crippen LogP contribution in [0.5, 0.6) is 86.2 Å². The quantitative estimate of drug-likeness (QED) is 0.0163. The van der Waals surface area contributed by atoms with Gasteiger partial charge in [0.15, 0.2) is 40.5 Å². The summed E-state index contributed by atoms with van der Waals surface area (Å²) in [6, 6.07) is 0. The molecule has 24 heteroatoms. The van der Waals surface area contributed by atoms with Crippen molar-refractivity contribution >= 4 is 40.5 Å². The normalized spacial score (nSPS) is 13.1. The van der Waals surface area contributed by atoms with Crippen LogP contribution in [0.25, 0.3) is 0 Å². The second-order valence-corrected chi connectivity index (χ2v) is 23.5. The van der Waals surface area contributed by atoms with E-state index in [1.54, 1.807) is 27.7 Å². The van der Waals surface area contributed by atoms with Crippen molar-refractivity contribution < 1.29 is 120 Å². The van der Waals surface area contributed by atoms with Gasteiger partial charge in [-0.1, -0.05) is 41.5 Å². The Bertz CT molecular complexity index is 4000. The van der Waals surface area contributed by atoms with Crippen LogP contribution in [0.15, 0.2) is 22.7 Å². The number of rotatable bonds is 28. The molecular weight excluding hydrogens is 1200 g/mol. The summed E-state index contributed by atoms with van der Waals surface area (Å²) in [5.41, 5.74) is -14.8. The van der Waals surface area contributed by atoms with E-state index in [2.05, 4.69) is 0 Å². The van der Waals surface area contributed by atoms with Gasteiger partial charge < -0.3 is 86.8 Å². The van der Waals surface area contributed by atoms with Crippen LogP contribution in [0.1, 0.15) is 240 Å². The van der Waals surface area contributed by atoms with E-state index in [1.807, 2.05) is 0 Å². The third-order valence-electron chi connectivity index (χ3n) is 16.7. The van der Waals surface area contributed by atoms with Gasteiger partial charge in [0, 0.05) is 132 Å². The SMILES string of the molecule is CCCC(=O)C1=C(O)C(Cc2c(O)c(Cc3c(O)c(Cc4c(O)c(Cc5c(O)c(Cc6c(O)c(C)c(O)c(C(=O)CCC)c6O)c(O)c(C(=O)CCC)c5O)c(O)c(C(=O)CCC)c4O)c(O)c(C(=O)CCC)c3O)c(O)c(C(=O)CCC)c2O)=C(O)C(C)(C)C1=O. The third kappa shape index (κ3) is 12.4. The fourth-order valence-electron chi connectivity index (χ4n) is 11.6. The van der Waals surface area contributed by atoms with E-state index in [0.29, 0.717) is 0 Å². The molecule has 0 saturated heterocycles. The summed E-state index contributed by atoms with van der Waals surface area (Å²) in [5, 5.41) is 202. The van der Waals surface area contributed by atoms with Gasteiger partial charge in [0.2, 0.25) is 0 Å². The number of aliphatic hydroxyl groups is 2. The molecule has 5 aromatic rings. The maximum Gasteiger partial charge on any atom is 0.183 e. The van der Waals surface area contributed by atoms with Crippen molar-refractivity contribution in [1.82, 2.24) is 0 Å². The minimum absolute atomic E-state index is 0.0556. The van der Waals surface area contributed by atoms with E-state index in [0.717, 1.165) is 0 Å². The first-order valence-electron chi connectivity index (χ1n) is 30.1. The second kappa shape index (κ2) is 27.9. The van der Waals surface area contributed by atoms with Gasteiger partial charge in [0.05, 0.1) is 5.41 Å². The largest absolute Gasteiger partial charge is 0.511 e. The molecule has 1 aliphatic carbocycles. The van der Waals surface area contributed by atoms with Gasteiger partial charge in [-0.3, -0.25) is 33.6 Å². The Balaban J connectivity index is 1.67. The number of ketones is 7. The van der Waals surface area contributed by atoms with Crippen LogP contribution in [0.3, 0.4) is 0 Å². The van der Waals surface area contributed by atoms with Gasteiger partial charge in [-0.2, -0.15) is 0 Å². The van der Waals surface area contributed by atoms with Crippen LogP contribution in [0.4, 0.5) is 0 Å². The maximum atomic E-state index is 14.1. The number of benzene rings is 5. The fourth-order valence-corrected chi connectivity index (χ4v) is 11.6. The number of allylic oxidation sites excluding steroid dienone is 3. The molecule has 0 radical (unpaired) electrons. The molecule has 0 spiro atoms. The lowest BCUT2D eigenvalue weighted by molar-refractivity contribution is -0.127. The number of carbonyl (C=O) groups excluding carboxylic acids is 7. The maximum absolute atomic E-state index is 14.1. The highest BCUT2D eigenvalue weighted by Gasteiger charge is 2.46. The monoisotopic (exact) mass is 1280 g/mol. The second-order valence-electron chi connectivity index (χ2n) is 23.5. The predicted octanol–water partition coefficient (Wildman–Crippen LogP) is 11.0. The van der Waals surface area contributed by atoms with E-state index < -0.39 is 278 Å². The van der Waals surface area contributed by atoms with E-state index >= 15 is 0 Å². The van der Waals surface area contributed by atoms with Gasteiger partial charge >= 0.3 is 0 Å². The van der Waals surface area contributed by atoms with Crippen LogP contribution in [0.2, 0.25) is 0 Å². The summed E-state index contributed by atoms with van der Waals surface area (Å²) >= 11 is 0. The Morgan fingerprint density at radius 2 is 0.500 bits per heavy atom. The molecule has 0 amide bonds. The van der Waals surface area contributed by atoms with E-state index in [-0.39, 0.29) is 69.8 Å². The molecule has 0 unspecified atom stereocenters. The zero-order valence-corrected chi connectivity index (χ0v) is 52.5. The molecule has 0 fully saturated rings. The zero-order valence-electron chi connectivity index (χ0n) is 52.5. The molecule has 0 saturated carbocycles. The van der Waals surface area contributed by atoms with Crippen LogP contribution >= 0.6 is 0 Å². The molecule has 1 aliphatic rings. The lowest BCUT2D eigenvalue weighted by atomic mass is 9.73. The summed E-state index contributed by atoms with van der Waals surface area (Å²) in [6.07, 6.45) is -6.67. The van der Waals surface area contributed by atoms with Crippen LogP contribution in [-0.2, 0) is 41.7 Å². The van der Waals surface area contributed by atoms with Crippen LogP contribution in [0, 0.1) is 12.3 Å². The predicted molar refractivity (Wildman–Crippen MR) is 331 cm³/mol. The number of hydrogen-bond acceptors (Lipinski definition) is 24. The van der Waals surface area contributed by atoms with Crippen molar-refractivity contribution in [3.8, 4) is 86.2 Å². The van der Waals surface area contributed by atoms with E-state index in [1.165, 1.54) is 34.6 Å². The minimum atomic E-state index is -1.90. The number of Topliss-reactive ketones (excluding diaryl/α,β-unsaturated/α-hetero) is 7. The molecule has 0 aromatic heterocycles. The summed E-state index contributed by atoms with van der Waals surface area (Å²) in [6.45, 7) is 13.1. The fraction of sp³-hybridized carbons (Fsp3) is 0.397. The van der Waals surface area contributed by atoms with E-state index in [9.17, 15) is 120 Å². The first-order chi connectivity index (χ1) is 43.1. The highest BCUT2D eigenvalue weighted by atomic mass is 16.3. The third-order valence-corrected chi connectivity index (χ3v) is 16.7. The lowest BCUT2D eigenvalue weighted by Gasteiger charge is -2.31. The Hall–Kier alpha value is -10.1. The van der Waals surface area contributed by atoms with Crippen molar-refractivity contribution in [2.45, 2.75) is 171 Å². The van der Waals surface area contributed by atoms with Crippen LogP contribution in [-0.4, -0.2) is 127 Å². The number of aliphatic hydroxyl groups excluding tert-OH is 2. The van der Waals surface area contributed by atoms with Gasteiger partial charge in [-0.15, -0.1) is 0 Å². The molecule has 494 valence electrons. The van der Waals surface area contributed by atoms with Gasteiger partial charge in [0.25, 0.3) is 0 Å². The molecular formula is C68H78O24. The molecule has 92 heavy (non-hydrogen) atoms. The first-order valence-corrected chi connectivity index (χ1v) is 30.1. The van der Waals surface area contributed by atoms with Crippen molar-refractivity contribution in [3.63, 3.8) is 0 Å². The van der Waals surface area contributed by atoms with Crippen molar-refractivity contribution in [2.75, 3.05) is 0 Å². The number of carbonyl (C=O) groups is 7. The molecule has 17 N–H and O–H groups in total. The average molecular weight is 1280 g/mol. The Morgan fingerprint density at radius 1 is 0.293 bits per heavy atom. The molecule has 6 rings (SSSR count). The van der Waals surface area contributed by atoms with Crippen molar-refractivity contribution in [2.24, 2.45) is 5.41 Å². The number of phenolic OH excluding ortho intramolecular Hbond substituents is 15. The average Bonchev–Trinajstić information content (AvgIpc) is 0.755. The minimum Gasteiger partial charge on any atom is -0.511 e. The molecule has 0 heterocycles. The standard InChI is InChI=1S/C68H78O24/c1-10-16-38(69)44-51(76)27(7)50(75)28(56(44)81)22-29-52(77)30(58(83)45(57(29)82)39(70)17-11-2)23-31-53(78)32(60(85)46(59(31)84)40(71)18-12-3)24-33-54(79)34(62(87)47(61(33)86)41(72)19-13-4)25-35-55(80)36(64(89)48(63(35)88)42(73)20-14-5)26-37-65(90)49(43(74)21-15-6)67(92)68(8,9)66(37)91/h75-91H,10-26H2,1-9H3. The van der Waals surface area contributed by atoms with Crippen LogP contribution < -0.4 is 0 Å². The smallest absolute Gasteiger partial charge is 0.183 e. The first kappa shape index (κ1) is 71.0. The topological polar surface area (TPSA) is 463 Å². The molecule has 24 nitrogen and oxygen atoms in total. The Morgan fingerprint density at radius 3 is 0.739 bits per heavy atom. The highest BCUT2D eigenvalue weighted by molar-refractivity contribution is 6.24. The summed E-state index contributed by atoms with van der Waals surface area (Å²) in [5.74, 6) is -25.2. The molecule has 0 bridgehead atoms. The van der Waals surface area contributed by atoms with Gasteiger partial charge in [-0.05, 0) is 59.3 Å². The van der Waals surface area contributed by atoms with Crippen molar-refractivity contribution in [1.29, 1.82) is 0 Å². The van der Waals surface area contributed by atoms with E-state index in [4.69, 9.17) is 0 Å². The Kier molecular flexibility index (Phi) is 21.6. The Labute approximate surface area is 528 Å². The number of aromatic hydroxyl groups is 15. The van der Waals surface area contributed by atoms with Crippen molar-refractivity contribution in [3.05, 3.63) is 106 Å². The summed E-state index contributed by atoms with van der Waals surface area (Å²) in [4.78, 5) is 96.0.